The summed E-state index contributed by atoms with van der Waals surface area (Å²) in [5, 5.41) is 21.3. The minimum absolute atomic E-state index is 0.526. The Labute approximate surface area is 121 Å². The Hall–Kier alpha value is -2.04. The van der Waals surface area contributed by atoms with Crippen molar-refractivity contribution in [3.63, 3.8) is 0 Å². The molecular formula is C13H15N5OS. The second-order valence-electron chi connectivity index (χ2n) is 4.24. The maximum Gasteiger partial charge on any atom is 0.183 e. The quantitative estimate of drug-likeness (QED) is 0.382. The fourth-order valence-electron chi connectivity index (χ4n) is 1.94. The topological polar surface area (TPSA) is 86.2 Å². The number of rotatable bonds is 2. The van der Waals surface area contributed by atoms with E-state index in [1.807, 2.05) is 42.3 Å². The molecule has 0 aliphatic heterocycles. The molecule has 1 atom stereocenters. The second-order valence-corrected chi connectivity index (χ2v) is 5.03. The van der Waals surface area contributed by atoms with Gasteiger partial charge in [-0.1, -0.05) is 11.8 Å². The number of aliphatic imine (C=N–C) groups is 1. The summed E-state index contributed by atoms with van der Waals surface area (Å²) in [5.74, 6) is 0.612. The summed E-state index contributed by atoms with van der Waals surface area (Å²) in [4.78, 5) is 8.74. The third-order valence-corrected chi connectivity index (χ3v) is 3.44. The van der Waals surface area contributed by atoms with Crippen molar-refractivity contribution in [1.29, 1.82) is 5.26 Å². The zero-order chi connectivity index (χ0) is 14.7. The van der Waals surface area contributed by atoms with Crippen molar-refractivity contribution < 1.29 is 5.11 Å². The standard InChI is InChI=1S/C13H15N5OS/c1-8(19)12-17-10-6-9(4-5-11(10)18(12)2)16-13(20-3)15-7-14/h4-6,8,19H,1-3H3,(H,15,16). The van der Waals surface area contributed by atoms with Crippen molar-refractivity contribution in [2.24, 2.45) is 12.0 Å². The minimum Gasteiger partial charge on any atom is -0.385 e. The summed E-state index contributed by atoms with van der Waals surface area (Å²) in [6, 6.07) is 5.58. The fraction of sp³-hybridized carbons (Fsp3) is 0.308. The average molecular weight is 289 g/mol. The van der Waals surface area contributed by atoms with Crippen LogP contribution < -0.4 is 5.32 Å². The molecule has 2 aromatic rings. The van der Waals surface area contributed by atoms with Crippen molar-refractivity contribution >= 4 is 33.7 Å². The molecule has 1 heterocycles. The van der Waals surface area contributed by atoms with E-state index in [2.05, 4.69) is 15.3 Å². The Balaban J connectivity index is 2.47. The number of hydrogen-bond acceptors (Lipinski definition) is 5. The highest BCUT2D eigenvalue weighted by Crippen LogP contribution is 2.24. The zero-order valence-corrected chi connectivity index (χ0v) is 12.3. The van der Waals surface area contributed by atoms with Gasteiger partial charge in [-0.3, -0.25) is 5.32 Å². The van der Waals surface area contributed by atoms with Crippen LogP contribution in [0.1, 0.15) is 18.9 Å². The number of benzene rings is 1. The van der Waals surface area contributed by atoms with E-state index in [1.54, 1.807) is 6.92 Å². The monoisotopic (exact) mass is 289 g/mol. The molecule has 0 bridgehead atoms. The third kappa shape index (κ3) is 2.76. The lowest BCUT2D eigenvalue weighted by molar-refractivity contribution is 0.186. The lowest BCUT2D eigenvalue weighted by Gasteiger charge is -2.03. The Morgan fingerprint density at radius 3 is 2.95 bits per heavy atom. The van der Waals surface area contributed by atoms with Gasteiger partial charge in [0.15, 0.2) is 11.4 Å². The highest BCUT2D eigenvalue weighted by atomic mass is 32.2. The molecule has 1 aromatic carbocycles. The minimum atomic E-state index is -0.624. The molecule has 0 aliphatic carbocycles. The molecule has 0 spiro atoms. The van der Waals surface area contributed by atoms with Crippen LogP contribution in [0, 0.1) is 11.5 Å². The molecule has 7 heteroatoms. The summed E-state index contributed by atoms with van der Waals surface area (Å²) in [7, 11) is 1.87. The van der Waals surface area contributed by atoms with Gasteiger partial charge in [0.25, 0.3) is 0 Å². The van der Waals surface area contributed by atoms with Gasteiger partial charge in [-0.2, -0.15) is 5.26 Å². The maximum absolute atomic E-state index is 9.67. The van der Waals surface area contributed by atoms with Gasteiger partial charge in [0.1, 0.15) is 11.9 Å². The second kappa shape index (κ2) is 5.94. The first-order chi connectivity index (χ1) is 9.56. The molecule has 0 saturated carbocycles. The molecule has 0 amide bonds. The van der Waals surface area contributed by atoms with Gasteiger partial charge in [-0.05, 0) is 31.4 Å². The van der Waals surface area contributed by atoms with Gasteiger partial charge >= 0.3 is 0 Å². The fourth-order valence-corrected chi connectivity index (χ4v) is 2.28. The van der Waals surface area contributed by atoms with Crippen LogP contribution in [0.5, 0.6) is 0 Å². The highest BCUT2D eigenvalue weighted by Gasteiger charge is 2.12. The SMILES string of the molecule is CSC(=Nc1ccc2c(c1)nc(C(C)O)n2C)NC#N. The lowest BCUT2D eigenvalue weighted by atomic mass is 10.3. The highest BCUT2D eigenvalue weighted by molar-refractivity contribution is 8.13. The van der Waals surface area contributed by atoms with E-state index in [4.69, 9.17) is 5.26 Å². The summed E-state index contributed by atoms with van der Waals surface area (Å²) < 4.78 is 1.86. The maximum atomic E-state index is 9.67. The summed E-state index contributed by atoms with van der Waals surface area (Å²) in [6.45, 7) is 1.68. The first-order valence-corrected chi connectivity index (χ1v) is 7.21. The average Bonchev–Trinajstić information content (AvgIpc) is 2.75. The predicted octanol–water partition coefficient (Wildman–Crippen LogP) is 2.05. The van der Waals surface area contributed by atoms with Crippen LogP contribution in [-0.4, -0.2) is 26.1 Å². The van der Waals surface area contributed by atoms with E-state index in [9.17, 15) is 5.11 Å². The summed E-state index contributed by atoms with van der Waals surface area (Å²) >= 11 is 1.36. The van der Waals surface area contributed by atoms with Crippen LogP contribution in [-0.2, 0) is 7.05 Å². The van der Waals surface area contributed by atoms with E-state index >= 15 is 0 Å². The van der Waals surface area contributed by atoms with Gasteiger partial charge in [0.05, 0.1) is 16.7 Å². The largest absolute Gasteiger partial charge is 0.385 e. The van der Waals surface area contributed by atoms with Crippen molar-refractivity contribution in [2.75, 3.05) is 6.26 Å². The zero-order valence-electron chi connectivity index (χ0n) is 11.5. The number of thioether (sulfide) groups is 1. The van der Waals surface area contributed by atoms with Crippen LogP contribution in [0.25, 0.3) is 11.0 Å². The van der Waals surface area contributed by atoms with Gasteiger partial charge in [-0.25, -0.2) is 9.98 Å². The van der Waals surface area contributed by atoms with Crippen molar-refractivity contribution in [3.05, 3.63) is 24.0 Å². The van der Waals surface area contributed by atoms with Crippen LogP contribution in [0.15, 0.2) is 23.2 Å². The number of hydrogen-bond donors (Lipinski definition) is 2. The molecule has 0 fully saturated rings. The van der Waals surface area contributed by atoms with E-state index in [-0.39, 0.29) is 0 Å². The number of nitriles is 1. The number of fused-ring (bicyclic) bond motifs is 1. The van der Waals surface area contributed by atoms with Crippen molar-refractivity contribution in [2.45, 2.75) is 13.0 Å². The smallest absolute Gasteiger partial charge is 0.183 e. The molecule has 2 rings (SSSR count). The summed E-state index contributed by atoms with van der Waals surface area (Å²) in [5.41, 5.74) is 2.40. The first-order valence-electron chi connectivity index (χ1n) is 5.99. The summed E-state index contributed by atoms with van der Waals surface area (Å²) in [6.07, 6.45) is 3.07. The first kappa shape index (κ1) is 14.4. The number of aliphatic hydroxyl groups is 1. The van der Waals surface area contributed by atoms with Crippen LogP contribution >= 0.6 is 11.8 Å². The van der Waals surface area contributed by atoms with Gasteiger partial charge < -0.3 is 9.67 Å². The van der Waals surface area contributed by atoms with Crippen LogP contribution in [0.4, 0.5) is 5.69 Å². The molecular weight excluding hydrogens is 274 g/mol. The van der Waals surface area contributed by atoms with Gasteiger partial charge in [-0.15, -0.1) is 0 Å². The molecule has 0 aliphatic rings. The van der Waals surface area contributed by atoms with E-state index in [1.165, 1.54) is 11.8 Å². The third-order valence-electron chi connectivity index (χ3n) is 2.86. The number of aromatic nitrogens is 2. The number of aryl methyl sites for hydroxylation is 1. The Kier molecular flexibility index (Phi) is 4.27. The van der Waals surface area contributed by atoms with Gasteiger partial charge in [0.2, 0.25) is 0 Å². The number of amidine groups is 1. The normalized spacial score (nSPS) is 13.2. The van der Waals surface area contributed by atoms with Crippen LogP contribution in [0.2, 0.25) is 0 Å². The Morgan fingerprint density at radius 2 is 2.35 bits per heavy atom. The number of aliphatic hydroxyl groups excluding tert-OH is 1. The molecule has 104 valence electrons. The Morgan fingerprint density at radius 1 is 1.60 bits per heavy atom. The van der Waals surface area contributed by atoms with E-state index in [0.717, 1.165) is 11.0 Å². The molecule has 0 radical (unpaired) electrons. The van der Waals surface area contributed by atoms with Crippen molar-refractivity contribution in [1.82, 2.24) is 14.9 Å². The van der Waals surface area contributed by atoms with Crippen molar-refractivity contribution in [3.8, 4) is 6.19 Å². The molecule has 2 N–H and O–H groups in total. The van der Waals surface area contributed by atoms with E-state index < -0.39 is 6.10 Å². The Bertz CT molecular complexity index is 699. The molecule has 6 nitrogen and oxygen atoms in total. The number of nitrogens with zero attached hydrogens (tertiary/aromatic N) is 4. The molecule has 20 heavy (non-hydrogen) atoms. The predicted molar refractivity (Wildman–Crippen MR) is 80.7 cm³/mol. The number of imidazole rings is 1. The molecule has 1 aromatic heterocycles. The number of nitrogens with one attached hydrogen (secondary N) is 1. The molecule has 0 saturated heterocycles. The lowest BCUT2D eigenvalue weighted by Crippen LogP contribution is -2.12. The molecule has 1 unspecified atom stereocenters. The van der Waals surface area contributed by atoms with Crippen LogP contribution in [0.3, 0.4) is 0 Å². The van der Waals surface area contributed by atoms with Gasteiger partial charge in [0, 0.05) is 7.05 Å². The van der Waals surface area contributed by atoms with E-state index in [0.29, 0.717) is 16.7 Å².